The lowest BCUT2D eigenvalue weighted by atomic mass is 10.1. The van der Waals surface area contributed by atoms with Gasteiger partial charge >= 0.3 is 0 Å². The molecule has 0 fully saturated rings. The zero-order chi connectivity index (χ0) is 22.8. The first-order valence-corrected chi connectivity index (χ1v) is 12.4. The molecule has 0 radical (unpaired) electrons. The van der Waals surface area contributed by atoms with Gasteiger partial charge in [0.2, 0.25) is 5.91 Å². The molecule has 0 atom stereocenters. The minimum absolute atomic E-state index is 0.0107. The summed E-state index contributed by atoms with van der Waals surface area (Å²) in [6.07, 6.45) is 4.05. The predicted octanol–water partition coefficient (Wildman–Crippen LogP) is 6.72. The normalized spacial score (nSPS) is 14.6. The molecule has 1 amide bonds. The zero-order valence-corrected chi connectivity index (χ0v) is 19.8. The molecular formula is C28H27N3OS. The first kappa shape index (κ1) is 21.7. The smallest absolute Gasteiger partial charge is 0.234 e. The topological polar surface area (TPSA) is 53.8 Å². The number of nitrogens with one attached hydrogen (secondary N) is 1. The number of nitrogens with zero attached hydrogens (tertiary/aromatic N) is 2. The van der Waals surface area contributed by atoms with Gasteiger partial charge in [-0.05, 0) is 85.2 Å². The van der Waals surface area contributed by atoms with E-state index in [-0.39, 0.29) is 5.91 Å². The third-order valence-corrected chi connectivity index (χ3v) is 7.24. The van der Waals surface area contributed by atoms with Crippen molar-refractivity contribution < 1.29 is 4.79 Å². The van der Waals surface area contributed by atoms with Crippen LogP contribution in [-0.2, 0) is 17.6 Å². The molecular weight excluding hydrogens is 426 g/mol. The Morgan fingerprint density at radius 2 is 1.64 bits per heavy atom. The molecule has 0 unspecified atom stereocenters. The van der Waals surface area contributed by atoms with Crippen molar-refractivity contribution in [2.24, 2.45) is 9.98 Å². The highest BCUT2D eigenvalue weighted by Crippen LogP contribution is 2.36. The summed E-state index contributed by atoms with van der Waals surface area (Å²) < 4.78 is 0. The van der Waals surface area contributed by atoms with Crippen molar-refractivity contribution >= 4 is 45.5 Å². The quantitative estimate of drug-likeness (QED) is 0.477. The largest absolute Gasteiger partial charge is 0.325 e. The number of hydrogen-bond donors (Lipinski definition) is 1. The Morgan fingerprint density at radius 1 is 0.909 bits per heavy atom. The maximum atomic E-state index is 12.7. The summed E-state index contributed by atoms with van der Waals surface area (Å²) in [5.41, 5.74) is 9.85. The summed E-state index contributed by atoms with van der Waals surface area (Å²) >= 11 is 1.49. The van der Waals surface area contributed by atoms with Gasteiger partial charge in [0, 0.05) is 12.1 Å². The molecule has 0 spiro atoms. The second-order valence-electron chi connectivity index (χ2n) is 8.71. The van der Waals surface area contributed by atoms with Crippen LogP contribution in [0.2, 0.25) is 0 Å². The van der Waals surface area contributed by atoms with Gasteiger partial charge in [0.15, 0.2) is 0 Å². The molecule has 166 valence electrons. The SMILES string of the molecule is Cc1cc2c(cc1C)N=C(c1ccccc1)CC(SCC(=O)Nc1ccc3c(c1)CCC3)=N2. The van der Waals surface area contributed by atoms with Crippen molar-refractivity contribution in [2.45, 2.75) is 39.5 Å². The van der Waals surface area contributed by atoms with Gasteiger partial charge in [0.05, 0.1) is 27.9 Å². The van der Waals surface area contributed by atoms with Gasteiger partial charge in [-0.15, -0.1) is 11.8 Å². The molecule has 0 aromatic heterocycles. The Kier molecular flexibility index (Phi) is 6.14. The molecule has 0 saturated heterocycles. The Bertz CT molecular complexity index is 1280. The van der Waals surface area contributed by atoms with E-state index in [1.165, 1.54) is 40.4 Å². The van der Waals surface area contributed by atoms with Crippen LogP contribution in [0.3, 0.4) is 0 Å². The molecule has 3 aromatic rings. The standard InChI is InChI=1S/C28H27N3OS/c1-18-13-25-26(14-19(18)2)31-28(16-24(30-25)21-7-4-3-5-8-21)33-17-27(32)29-23-12-11-20-9-6-10-22(20)15-23/h3-5,7-8,11-15H,6,9-10,16-17H2,1-2H3,(H,29,32). The van der Waals surface area contributed by atoms with Gasteiger partial charge in [-0.25, -0.2) is 4.99 Å². The van der Waals surface area contributed by atoms with E-state index >= 15 is 0 Å². The fraction of sp³-hybridized carbons (Fsp3) is 0.250. The van der Waals surface area contributed by atoms with Gasteiger partial charge in [-0.1, -0.05) is 36.4 Å². The van der Waals surface area contributed by atoms with Crippen molar-refractivity contribution in [1.29, 1.82) is 0 Å². The maximum absolute atomic E-state index is 12.7. The maximum Gasteiger partial charge on any atom is 0.234 e. The second kappa shape index (κ2) is 9.36. The molecule has 1 N–H and O–H groups in total. The first-order chi connectivity index (χ1) is 16.0. The highest BCUT2D eigenvalue weighted by atomic mass is 32.2. The van der Waals surface area contributed by atoms with Crippen LogP contribution >= 0.6 is 11.8 Å². The average molecular weight is 454 g/mol. The van der Waals surface area contributed by atoms with Crippen molar-refractivity contribution in [1.82, 2.24) is 0 Å². The van der Waals surface area contributed by atoms with E-state index in [9.17, 15) is 4.79 Å². The lowest BCUT2D eigenvalue weighted by molar-refractivity contribution is -0.113. The fourth-order valence-corrected chi connectivity index (χ4v) is 5.11. The van der Waals surface area contributed by atoms with E-state index in [1.807, 2.05) is 24.3 Å². The summed E-state index contributed by atoms with van der Waals surface area (Å²) in [4.78, 5) is 22.6. The van der Waals surface area contributed by atoms with E-state index in [1.54, 1.807) is 0 Å². The van der Waals surface area contributed by atoms with Crippen LogP contribution in [0.25, 0.3) is 0 Å². The van der Waals surface area contributed by atoms with Crippen molar-refractivity contribution in [2.75, 3.05) is 11.1 Å². The summed E-state index contributed by atoms with van der Waals surface area (Å²) in [5.74, 6) is 0.307. The minimum Gasteiger partial charge on any atom is -0.325 e. The summed E-state index contributed by atoms with van der Waals surface area (Å²) in [7, 11) is 0. The third kappa shape index (κ3) is 4.93. The Hall–Kier alpha value is -3.18. The second-order valence-corrected chi connectivity index (χ2v) is 9.75. The molecule has 0 bridgehead atoms. The lowest BCUT2D eigenvalue weighted by Gasteiger charge is -2.09. The number of aryl methyl sites for hydroxylation is 4. The summed E-state index contributed by atoms with van der Waals surface area (Å²) in [6, 6.07) is 20.7. The molecule has 4 nitrogen and oxygen atoms in total. The fourth-order valence-electron chi connectivity index (χ4n) is 4.34. The molecule has 1 aliphatic heterocycles. The molecule has 1 heterocycles. The highest BCUT2D eigenvalue weighted by molar-refractivity contribution is 8.14. The lowest BCUT2D eigenvalue weighted by Crippen LogP contribution is -2.16. The van der Waals surface area contributed by atoms with Crippen LogP contribution in [0.5, 0.6) is 0 Å². The monoisotopic (exact) mass is 453 g/mol. The molecule has 5 rings (SSSR count). The number of amides is 1. The van der Waals surface area contributed by atoms with Crippen LogP contribution in [0.15, 0.2) is 70.6 Å². The van der Waals surface area contributed by atoms with Crippen LogP contribution in [0.1, 0.15) is 40.7 Å². The number of rotatable bonds is 4. The predicted molar refractivity (Wildman–Crippen MR) is 140 cm³/mol. The first-order valence-electron chi connectivity index (χ1n) is 11.4. The molecule has 5 heteroatoms. The van der Waals surface area contributed by atoms with Gasteiger partial charge < -0.3 is 5.32 Å². The molecule has 33 heavy (non-hydrogen) atoms. The Balaban J connectivity index is 1.35. The number of carbonyl (C=O) groups excluding carboxylic acids is 1. The van der Waals surface area contributed by atoms with Crippen LogP contribution in [-0.4, -0.2) is 22.4 Å². The third-order valence-electron chi connectivity index (χ3n) is 6.27. The van der Waals surface area contributed by atoms with Crippen LogP contribution in [0.4, 0.5) is 17.1 Å². The average Bonchev–Trinajstić information content (AvgIpc) is 3.21. The number of thioether (sulfide) groups is 1. The number of anilines is 1. The van der Waals surface area contributed by atoms with E-state index in [2.05, 4.69) is 55.6 Å². The highest BCUT2D eigenvalue weighted by Gasteiger charge is 2.18. The van der Waals surface area contributed by atoms with E-state index in [0.29, 0.717) is 12.2 Å². The van der Waals surface area contributed by atoms with Crippen LogP contribution in [0, 0.1) is 13.8 Å². The van der Waals surface area contributed by atoms with Gasteiger partial charge in [-0.3, -0.25) is 9.79 Å². The molecule has 2 aliphatic rings. The van der Waals surface area contributed by atoms with E-state index in [0.717, 1.165) is 46.2 Å². The molecule has 1 aliphatic carbocycles. The summed E-state index contributed by atoms with van der Waals surface area (Å²) in [5, 5.41) is 3.97. The number of carbonyl (C=O) groups is 1. The zero-order valence-electron chi connectivity index (χ0n) is 19.0. The van der Waals surface area contributed by atoms with Gasteiger partial charge in [-0.2, -0.15) is 0 Å². The van der Waals surface area contributed by atoms with E-state index in [4.69, 9.17) is 9.98 Å². The number of fused-ring (bicyclic) bond motifs is 2. The Labute approximate surface area is 199 Å². The van der Waals surface area contributed by atoms with Crippen LogP contribution < -0.4 is 5.32 Å². The summed E-state index contributed by atoms with van der Waals surface area (Å²) in [6.45, 7) is 4.19. The van der Waals surface area contributed by atoms with Gasteiger partial charge in [0.25, 0.3) is 0 Å². The van der Waals surface area contributed by atoms with E-state index < -0.39 is 0 Å². The van der Waals surface area contributed by atoms with Crippen molar-refractivity contribution in [3.63, 3.8) is 0 Å². The minimum atomic E-state index is -0.0107. The number of benzene rings is 3. The van der Waals surface area contributed by atoms with Gasteiger partial charge in [0.1, 0.15) is 0 Å². The molecule has 0 saturated carbocycles. The Morgan fingerprint density at radius 3 is 2.42 bits per heavy atom. The number of hydrogen-bond acceptors (Lipinski definition) is 4. The van der Waals surface area contributed by atoms with Crippen molar-refractivity contribution in [3.8, 4) is 0 Å². The van der Waals surface area contributed by atoms with Crippen molar-refractivity contribution in [3.05, 3.63) is 88.5 Å². The number of aliphatic imine (C=N–C) groups is 2. The molecule has 3 aromatic carbocycles.